The first-order chi connectivity index (χ1) is 18.0. The zero-order chi connectivity index (χ0) is 25.1. The van der Waals surface area contributed by atoms with Crippen LogP contribution in [0.15, 0.2) is 77.5 Å². The second-order valence-electron chi connectivity index (χ2n) is 10.5. The Hall–Kier alpha value is -3.99. The average Bonchev–Trinajstić information content (AvgIpc) is 3.33. The predicted octanol–water partition coefficient (Wildman–Crippen LogP) is 7.23. The van der Waals surface area contributed by atoms with Gasteiger partial charge in [-0.05, 0) is 105 Å². The summed E-state index contributed by atoms with van der Waals surface area (Å²) in [6.07, 6.45) is 12.9. The van der Waals surface area contributed by atoms with Crippen molar-refractivity contribution < 1.29 is 9.47 Å². The molecule has 0 amide bonds. The fourth-order valence-electron chi connectivity index (χ4n) is 6.10. The molecule has 4 aliphatic rings. The van der Waals surface area contributed by atoms with Crippen LogP contribution in [0.25, 0.3) is 22.2 Å². The molecule has 0 saturated carbocycles. The van der Waals surface area contributed by atoms with Crippen molar-refractivity contribution in [2.45, 2.75) is 46.5 Å². The average molecular weight is 490 g/mol. The summed E-state index contributed by atoms with van der Waals surface area (Å²) in [4.78, 5) is 10.8. The zero-order valence-electron chi connectivity index (χ0n) is 21.6. The number of aromatic amines is 1. The molecular formula is C32H31N3O2. The molecule has 0 spiro atoms. The number of benzene rings is 2. The molecule has 5 nitrogen and oxygen atoms in total. The Bertz CT molecular complexity index is 1580. The zero-order valence-corrected chi connectivity index (χ0v) is 21.6. The number of para-hydroxylation sites is 2. The van der Waals surface area contributed by atoms with E-state index in [1.54, 1.807) is 0 Å². The maximum atomic E-state index is 6.61. The van der Waals surface area contributed by atoms with E-state index in [2.05, 4.69) is 54.1 Å². The third kappa shape index (κ3) is 3.81. The Balaban J connectivity index is 1.26. The molecule has 0 aliphatic carbocycles. The number of hydrogen-bond donors (Lipinski definition) is 1. The number of anilines is 1. The summed E-state index contributed by atoms with van der Waals surface area (Å²) < 4.78 is 12.7. The Morgan fingerprint density at radius 2 is 1.86 bits per heavy atom. The third-order valence-corrected chi connectivity index (χ3v) is 7.87. The van der Waals surface area contributed by atoms with Gasteiger partial charge in [-0.3, -0.25) is 0 Å². The lowest BCUT2D eigenvalue weighted by Gasteiger charge is -2.39. The van der Waals surface area contributed by atoms with Gasteiger partial charge in [0.1, 0.15) is 28.9 Å². The highest BCUT2D eigenvalue weighted by molar-refractivity contribution is 5.82. The molecule has 0 atom stereocenters. The second-order valence-corrected chi connectivity index (χ2v) is 10.5. The van der Waals surface area contributed by atoms with Crippen LogP contribution < -0.4 is 9.64 Å². The highest BCUT2D eigenvalue weighted by Gasteiger charge is 2.30. The SMILES string of the molecule is CC1=C/C(=C(\C)c2nc3ccccc3[nH]2)C=C(C=C2C=C(C)c3cc4c5c(c3O2)CCCN5CCC4)O1. The topological polar surface area (TPSA) is 50.4 Å². The number of ether oxygens (including phenoxy) is 2. The minimum absolute atomic E-state index is 0.765. The van der Waals surface area contributed by atoms with E-state index in [0.717, 1.165) is 77.0 Å². The van der Waals surface area contributed by atoms with E-state index in [0.29, 0.717) is 0 Å². The summed E-state index contributed by atoms with van der Waals surface area (Å²) in [7, 11) is 0. The van der Waals surface area contributed by atoms with Crippen molar-refractivity contribution >= 4 is 27.9 Å². The molecule has 0 saturated heterocycles. The van der Waals surface area contributed by atoms with Crippen LogP contribution in [0.1, 0.15) is 56.1 Å². The van der Waals surface area contributed by atoms with Crippen LogP contribution in [-0.4, -0.2) is 23.1 Å². The fourth-order valence-corrected chi connectivity index (χ4v) is 6.10. The van der Waals surface area contributed by atoms with Gasteiger partial charge in [-0.1, -0.05) is 12.1 Å². The molecule has 37 heavy (non-hydrogen) atoms. The molecule has 5 heteroatoms. The monoisotopic (exact) mass is 489 g/mol. The van der Waals surface area contributed by atoms with Gasteiger partial charge in [0, 0.05) is 36.0 Å². The Kier molecular flexibility index (Phi) is 5.13. The van der Waals surface area contributed by atoms with Crippen LogP contribution in [-0.2, 0) is 17.6 Å². The molecule has 0 radical (unpaired) electrons. The number of hydrogen-bond acceptors (Lipinski definition) is 4. The highest BCUT2D eigenvalue weighted by atomic mass is 16.5. The lowest BCUT2D eigenvalue weighted by Crippen LogP contribution is -2.35. The van der Waals surface area contributed by atoms with Gasteiger partial charge in [0.25, 0.3) is 0 Å². The minimum atomic E-state index is 0.765. The molecule has 0 unspecified atom stereocenters. The molecule has 0 bridgehead atoms. The largest absolute Gasteiger partial charge is 0.462 e. The van der Waals surface area contributed by atoms with Gasteiger partial charge in [-0.25, -0.2) is 4.98 Å². The molecule has 3 aromatic rings. The Morgan fingerprint density at radius 1 is 1.03 bits per heavy atom. The standard InChI is InChI=1S/C32H31N3O2/c1-19-14-24(37-31-26-9-7-13-35-12-6-8-22(30(26)35)17-27(19)31)18-25-16-23(15-20(2)36-25)21(3)32-33-28-10-4-5-11-29(28)34-32/h4-5,10-11,14-18H,6-9,12-13H2,1-3H3,(H,33,34)/b23-21-,24-18?. The maximum Gasteiger partial charge on any atom is 0.140 e. The van der Waals surface area contributed by atoms with Gasteiger partial charge >= 0.3 is 0 Å². The van der Waals surface area contributed by atoms with Crippen molar-refractivity contribution in [1.82, 2.24) is 9.97 Å². The lowest BCUT2D eigenvalue weighted by molar-refractivity contribution is 0.313. The van der Waals surface area contributed by atoms with Crippen molar-refractivity contribution in [3.8, 4) is 5.75 Å². The molecular weight excluding hydrogens is 458 g/mol. The number of allylic oxidation sites excluding steroid dienone is 8. The van der Waals surface area contributed by atoms with E-state index in [-0.39, 0.29) is 0 Å². The van der Waals surface area contributed by atoms with Gasteiger partial charge in [0.2, 0.25) is 0 Å². The van der Waals surface area contributed by atoms with Gasteiger partial charge in [0.15, 0.2) is 0 Å². The molecule has 2 aromatic carbocycles. The van der Waals surface area contributed by atoms with E-state index in [9.17, 15) is 0 Å². The third-order valence-electron chi connectivity index (χ3n) is 7.87. The van der Waals surface area contributed by atoms with Crippen LogP contribution in [0.3, 0.4) is 0 Å². The van der Waals surface area contributed by atoms with Crippen molar-refractivity contribution in [1.29, 1.82) is 0 Å². The molecule has 4 aliphatic heterocycles. The van der Waals surface area contributed by atoms with Crippen LogP contribution in [0.4, 0.5) is 5.69 Å². The molecule has 0 fully saturated rings. The summed E-state index contributed by atoms with van der Waals surface area (Å²) in [6, 6.07) is 10.5. The van der Waals surface area contributed by atoms with Gasteiger partial charge < -0.3 is 19.4 Å². The summed E-state index contributed by atoms with van der Waals surface area (Å²) in [5.41, 5.74) is 10.9. The lowest BCUT2D eigenvalue weighted by atomic mass is 9.86. The number of H-pyrrole nitrogens is 1. The van der Waals surface area contributed by atoms with Crippen molar-refractivity contribution in [3.05, 3.63) is 100 Å². The number of aromatic nitrogens is 2. The summed E-state index contributed by atoms with van der Waals surface area (Å²) in [5, 5.41) is 0. The summed E-state index contributed by atoms with van der Waals surface area (Å²) in [5.74, 6) is 4.33. The normalized spacial score (nSPS) is 20.9. The van der Waals surface area contributed by atoms with Gasteiger partial charge in [-0.2, -0.15) is 0 Å². The van der Waals surface area contributed by atoms with E-state index in [1.165, 1.54) is 40.8 Å². The number of aryl methyl sites for hydroxylation is 1. The Morgan fingerprint density at radius 3 is 2.73 bits per heavy atom. The van der Waals surface area contributed by atoms with Gasteiger partial charge in [-0.15, -0.1) is 0 Å². The first kappa shape index (κ1) is 22.2. The molecule has 7 rings (SSSR count). The maximum absolute atomic E-state index is 6.61. The van der Waals surface area contributed by atoms with Crippen LogP contribution in [0.5, 0.6) is 5.75 Å². The number of fused-ring (bicyclic) bond motifs is 3. The molecule has 1 N–H and O–H groups in total. The van der Waals surface area contributed by atoms with Crippen LogP contribution in [0.2, 0.25) is 0 Å². The number of imidazole rings is 1. The minimum Gasteiger partial charge on any atom is -0.462 e. The number of nitrogens with zero attached hydrogens (tertiary/aromatic N) is 2. The number of nitrogens with one attached hydrogen (secondary N) is 1. The fraction of sp³-hybridized carbons (Fsp3) is 0.281. The second kappa shape index (κ2) is 8.55. The Labute approximate surface area is 217 Å². The van der Waals surface area contributed by atoms with E-state index >= 15 is 0 Å². The first-order valence-electron chi connectivity index (χ1n) is 13.3. The molecule has 1 aromatic heterocycles. The van der Waals surface area contributed by atoms with E-state index < -0.39 is 0 Å². The van der Waals surface area contributed by atoms with Crippen LogP contribution >= 0.6 is 0 Å². The van der Waals surface area contributed by atoms with Gasteiger partial charge in [0.05, 0.1) is 11.0 Å². The van der Waals surface area contributed by atoms with Crippen molar-refractivity contribution in [3.63, 3.8) is 0 Å². The number of rotatable bonds is 2. The quantitative estimate of drug-likeness (QED) is 0.412. The molecule has 5 heterocycles. The van der Waals surface area contributed by atoms with Crippen LogP contribution in [0, 0.1) is 0 Å². The van der Waals surface area contributed by atoms with Crippen molar-refractivity contribution in [2.75, 3.05) is 18.0 Å². The smallest absolute Gasteiger partial charge is 0.140 e. The van der Waals surface area contributed by atoms with Crippen molar-refractivity contribution in [2.24, 2.45) is 0 Å². The van der Waals surface area contributed by atoms with E-state index in [1.807, 2.05) is 31.2 Å². The highest BCUT2D eigenvalue weighted by Crippen LogP contribution is 2.47. The molecule has 186 valence electrons. The van der Waals surface area contributed by atoms with E-state index in [4.69, 9.17) is 14.5 Å². The summed E-state index contributed by atoms with van der Waals surface area (Å²) in [6.45, 7) is 8.59. The first-order valence-corrected chi connectivity index (χ1v) is 13.3. The predicted molar refractivity (Wildman–Crippen MR) is 149 cm³/mol. The summed E-state index contributed by atoms with van der Waals surface area (Å²) >= 11 is 0.